The van der Waals surface area contributed by atoms with Crippen molar-refractivity contribution in [3.05, 3.63) is 93.7 Å². The van der Waals surface area contributed by atoms with Gasteiger partial charge in [0.1, 0.15) is 0 Å². The average Bonchev–Trinajstić information content (AvgIpc) is 3.21. The Balaban J connectivity index is 1.79. The Morgan fingerprint density at radius 2 is 1.64 bits per heavy atom. The van der Waals surface area contributed by atoms with Crippen molar-refractivity contribution >= 4 is 23.3 Å². The molecule has 0 radical (unpaired) electrons. The summed E-state index contributed by atoms with van der Waals surface area (Å²) in [5.74, 6) is -0.165. The van der Waals surface area contributed by atoms with Crippen molar-refractivity contribution in [3.63, 3.8) is 0 Å². The molecule has 28 heavy (non-hydrogen) atoms. The summed E-state index contributed by atoms with van der Waals surface area (Å²) >= 11 is 1.59. The van der Waals surface area contributed by atoms with Gasteiger partial charge in [-0.25, -0.2) is 4.79 Å². The molecule has 3 aromatic rings. The first-order chi connectivity index (χ1) is 13.5. The lowest BCUT2D eigenvalue weighted by atomic mass is 10.0. The van der Waals surface area contributed by atoms with E-state index in [1.165, 1.54) is 0 Å². The van der Waals surface area contributed by atoms with Crippen LogP contribution in [-0.4, -0.2) is 11.9 Å². The second-order valence-corrected chi connectivity index (χ2v) is 7.58. The highest BCUT2D eigenvalue weighted by atomic mass is 32.1. The minimum atomic E-state index is -0.657. The van der Waals surface area contributed by atoms with E-state index in [0.29, 0.717) is 0 Å². The van der Waals surface area contributed by atoms with Crippen LogP contribution in [0.5, 0.6) is 0 Å². The standard InChI is InChI=1S/C22H23N3O2S/c1-15-9-11-17(12-10-15)21(19-8-5-13-28-19)25-20(26)14-18(24-22(23)27)16-6-3-2-4-7-16/h2-13,18,21H,14H2,1H3,(H,25,26)(H3,23,24,27)/t18-,21-/m1/s1. The van der Waals surface area contributed by atoms with E-state index >= 15 is 0 Å². The number of rotatable bonds is 7. The number of carbonyl (C=O) groups is 2. The Hall–Kier alpha value is -3.12. The predicted octanol–water partition coefficient (Wildman–Crippen LogP) is 4.06. The maximum Gasteiger partial charge on any atom is 0.312 e. The van der Waals surface area contributed by atoms with E-state index in [0.717, 1.165) is 21.6 Å². The number of carbonyl (C=O) groups excluding carboxylic acids is 2. The van der Waals surface area contributed by atoms with Crippen molar-refractivity contribution in [1.29, 1.82) is 0 Å². The summed E-state index contributed by atoms with van der Waals surface area (Å²) in [6.07, 6.45) is 0.0979. The number of urea groups is 1. The smallest absolute Gasteiger partial charge is 0.312 e. The fourth-order valence-electron chi connectivity index (χ4n) is 3.05. The molecule has 4 N–H and O–H groups in total. The van der Waals surface area contributed by atoms with Crippen LogP contribution >= 0.6 is 11.3 Å². The second-order valence-electron chi connectivity index (χ2n) is 6.60. The van der Waals surface area contributed by atoms with E-state index in [-0.39, 0.29) is 18.4 Å². The minimum Gasteiger partial charge on any atom is -0.352 e. The number of aryl methyl sites for hydroxylation is 1. The van der Waals surface area contributed by atoms with Crippen molar-refractivity contribution < 1.29 is 9.59 Å². The molecule has 0 saturated carbocycles. The number of benzene rings is 2. The van der Waals surface area contributed by atoms with Crippen LogP contribution in [0, 0.1) is 6.92 Å². The third-order valence-corrected chi connectivity index (χ3v) is 5.39. The lowest BCUT2D eigenvalue weighted by Crippen LogP contribution is -2.37. The van der Waals surface area contributed by atoms with Crippen molar-refractivity contribution in [2.75, 3.05) is 0 Å². The van der Waals surface area contributed by atoms with Crippen molar-refractivity contribution in [2.24, 2.45) is 5.73 Å². The number of nitrogens with one attached hydrogen (secondary N) is 2. The molecule has 2 aromatic carbocycles. The first kappa shape index (κ1) is 19.6. The molecule has 0 fully saturated rings. The Morgan fingerprint density at radius 3 is 2.25 bits per heavy atom. The van der Waals surface area contributed by atoms with Gasteiger partial charge in [0.15, 0.2) is 0 Å². The Kier molecular flexibility index (Phi) is 6.45. The molecular weight excluding hydrogens is 370 g/mol. The Labute approximate surface area is 168 Å². The average molecular weight is 394 g/mol. The first-order valence-corrected chi connectivity index (χ1v) is 9.91. The predicted molar refractivity (Wildman–Crippen MR) is 112 cm³/mol. The summed E-state index contributed by atoms with van der Waals surface area (Å²) in [5, 5.41) is 7.76. The molecule has 3 amide bonds. The molecule has 3 rings (SSSR count). The van der Waals surface area contributed by atoms with Crippen LogP contribution in [0.2, 0.25) is 0 Å². The summed E-state index contributed by atoms with van der Waals surface area (Å²) < 4.78 is 0. The number of hydrogen-bond donors (Lipinski definition) is 3. The van der Waals surface area contributed by atoms with Crippen LogP contribution in [0.1, 0.15) is 40.1 Å². The van der Waals surface area contributed by atoms with Crippen LogP contribution in [0.15, 0.2) is 72.1 Å². The molecule has 1 aromatic heterocycles. The highest BCUT2D eigenvalue weighted by molar-refractivity contribution is 7.10. The largest absolute Gasteiger partial charge is 0.352 e. The van der Waals surface area contributed by atoms with E-state index in [4.69, 9.17) is 5.73 Å². The summed E-state index contributed by atoms with van der Waals surface area (Å²) in [6.45, 7) is 2.03. The zero-order valence-corrected chi connectivity index (χ0v) is 16.4. The Morgan fingerprint density at radius 1 is 0.929 bits per heavy atom. The third-order valence-electron chi connectivity index (χ3n) is 4.45. The molecule has 6 heteroatoms. The van der Waals surface area contributed by atoms with Crippen molar-refractivity contribution in [1.82, 2.24) is 10.6 Å². The molecule has 0 bridgehead atoms. The van der Waals surface area contributed by atoms with Gasteiger partial charge < -0.3 is 16.4 Å². The van der Waals surface area contributed by atoms with Crippen LogP contribution in [0.25, 0.3) is 0 Å². The number of amides is 3. The maximum atomic E-state index is 12.9. The van der Waals surface area contributed by atoms with Gasteiger partial charge in [0.2, 0.25) is 5.91 Å². The molecule has 5 nitrogen and oxygen atoms in total. The number of thiophene rings is 1. The Bertz CT molecular complexity index is 909. The number of nitrogens with two attached hydrogens (primary N) is 1. The third kappa shape index (κ3) is 5.20. The summed E-state index contributed by atoms with van der Waals surface area (Å²) in [5.41, 5.74) is 8.32. The van der Waals surface area contributed by atoms with Gasteiger partial charge in [-0.1, -0.05) is 66.2 Å². The lowest BCUT2D eigenvalue weighted by molar-refractivity contribution is -0.122. The molecule has 0 aliphatic heterocycles. The van der Waals surface area contributed by atoms with Gasteiger partial charge in [0.25, 0.3) is 0 Å². The van der Waals surface area contributed by atoms with Crippen LogP contribution in [-0.2, 0) is 4.79 Å². The van der Waals surface area contributed by atoms with Gasteiger partial charge in [-0.05, 0) is 29.5 Å². The summed E-state index contributed by atoms with van der Waals surface area (Å²) in [7, 11) is 0. The van der Waals surface area contributed by atoms with Crippen molar-refractivity contribution in [3.8, 4) is 0 Å². The van der Waals surface area contributed by atoms with Gasteiger partial charge in [0.05, 0.1) is 18.5 Å². The number of primary amides is 1. The molecular formula is C22H23N3O2S. The fourth-order valence-corrected chi connectivity index (χ4v) is 3.85. The van der Waals surface area contributed by atoms with Gasteiger partial charge in [-0.3, -0.25) is 4.79 Å². The van der Waals surface area contributed by atoms with Gasteiger partial charge >= 0.3 is 6.03 Å². The molecule has 144 valence electrons. The molecule has 0 saturated heterocycles. The molecule has 2 atom stereocenters. The van der Waals surface area contributed by atoms with E-state index in [2.05, 4.69) is 10.6 Å². The number of hydrogen-bond acceptors (Lipinski definition) is 3. The molecule has 0 aliphatic carbocycles. The highest BCUT2D eigenvalue weighted by Gasteiger charge is 2.22. The zero-order chi connectivity index (χ0) is 19.9. The SMILES string of the molecule is Cc1ccc([C@@H](NC(=O)C[C@@H](NC(N)=O)c2ccccc2)c2cccs2)cc1. The molecule has 0 spiro atoms. The first-order valence-electron chi connectivity index (χ1n) is 9.03. The molecule has 0 unspecified atom stereocenters. The van der Waals surface area contributed by atoms with E-state index < -0.39 is 12.1 Å². The second kappa shape index (κ2) is 9.19. The van der Waals surface area contributed by atoms with E-state index in [1.54, 1.807) is 11.3 Å². The van der Waals surface area contributed by atoms with Gasteiger partial charge in [-0.2, -0.15) is 0 Å². The summed E-state index contributed by atoms with van der Waals surface area (Å²) in [6, 6.07) is 20.0. The van der Waals surface area contributed by atoms with E-state index in [1.807, 2.05) is 79.0 Å². The van der Waals surface area contributed by atoms with Crippen LogP contribution in [0.4, 0.5) is 4.79 Å². The highest BCUT2D eigenvalue weighted by Crippen LogP contribution is 2.27. The topological polar surface area (TPSA) is 84.2 Å². The van der Waals surface area contributed by atoms with Gasteiger partial charge in [0, 0.05) is 4.88 Å². The molecule has 0 aliphatic rings. The normalized spacial score (nSPS) is 12.8. The summed E-state index contributed by atoms with van der Waals surface area (Å²) in [4.78, 5) is 25.3. The quantitative estimate of drug-likeness (QED) is 0.565. The lowest BCUT2D eigenvalue weighted by Gasteiger charge is -2.22. The van der Waals surface area contributed by atoms with Crippen LogP contribution in [0.3, 0.4) is 0 Å². The van der Waals surface area contributed by atoms with Gasteiger partial charge in [-0.15, -0.1) is 11.3 Å². The van der Waals surface area contributed by atoms with Crippen molar-refractivity contribution in [2.45, 2.75) is 25.4 Å². The van der Waals surface area contributed by atoms with Crippen LogP contribution < -0.4 is 16.4 Å². The monoisotopic (exact) mass is 393 g/mol. The van der Waals surface area contributed by atoms with E-state index in [9.17, 15) is 9.59 Å². The maximum absolute atomic E-state index is 12.9. The minimum absolute atomic E-state index is 0.0979. The zero-order valence-electron chi connectivity index (χ0n) is 15.6. The fraction of sp³-hybridized carbons (Fsp3) is 0.182. The molecule has 1 heterocycles.